The summed E-state index contributed by atoms with van der Waals surface area (Å²) < 4.78 is 16.3. The van der Waals surface area contributed by atoms with Crippen molar-refractivity contribution in [3.8, 4) is 5.69 Å². The fraction of sp³-hybridized carbons (Fsp3) is 0.176. The Bertz CT molecular complexity index is 866. The second kappa shape index (κ2) is 5.26. The molecule has 22 heavy (non-hydrogen) atoms. The van der Waals surface area contributed by atoms with Crippen molar-refractivity contribution in [1.29, 1.82) is 0 Å². The normalized spacial score (nSPS) is 14.7. The molecule has 0 amide bonds. The standard InChI is InChI=1S/C17H15FN4/c18-13-10-12(17-19-8-3-9-20-17)6-7-15(13)22-11-21-14-4-1-2-5-16(14)22/h1-2,4-7,10-11H,3,8-9H2,(H,19,20). The zero-order chi connectivity index (χ0) is 14.9. The molecular weight excluding hydrogens is 279 g/mol. The molecule has 0 atom stereocenters. The van der Waals surface area contributed by atoms with E-state index in [1.165, 1.54) is 6.07 Å². The Labute approximate surface area is 127 Å². The summed E-state index contributed by atoms with van der Waals surface area (Å²) in [4.78, 5) is 8.71. The highest BCUT2D eigenvalue weighted by Gasteiger charge is 2.13. The number of benzene rings is 2. The summed E-state index contributed by atoms with van der Waals surface area (Å²) in [5, 5.41) is 3.21. The number of aliphatic imine (C=N–C) groups is 1. The van der Waals surface area contributed by atoms with Gasteiger partial charge < -0.3 is 5.32 Å². The topological polar surface area (TPSA) is 42.2 Å². The van der Waals surface area contributed by atoms with Gasteiger partial charge in [0.2, 0.25) is 0 Å². The lowest BCUT2D eigenvalue weighted by molar-refractivity contribution is 0.618. The lowest BCUT2D eigenvalue weighted by Gasteiger charge is -2.15. The van der Waals surface area contributed by atoms with E-state index in [1.807, 2.05) is 30.3 Å². The number of hydrogen-bond donors (Lipinski definition) is 1. The summed E-state index contributed by atoms with van der Waals surface area (Å²) in [6, 6.07) is 12.9. The maximum Gasteiger partial charge on any atom is 0.147 e. The molecule has 0 spiro atoms. The van der Waals surface area contributed by atoms with Gasteiger partial charge in [-0.25, -0.2) is 9.37 Å². The molecule has 0 radical (unpaired) electrons. The number of nitrogens with one attached hydrogen (secondary N) is 1. The average Bonchev–Trinajstić information content (AvgIpc) is 2.99. The number of nitrogens with zero attached hydrogens (tertiary/aromatic N) is 3. The van der Waals surface area contributed by atoms with Crippen molar-refractivity contribution >= 4 is 16.9 Å². The van der Waals surface area contributed by atoms with Gasteiger partial charge >= 0.3 is 0 Å². The molecule has 5 heteroatoms. The Kier molecular flexibility index (Phi) is 3.11. The van der Waals surface area contributed by atoms with Gasteiger partial charge in [0.05, 0.1) is 16.7 Å². The molecule has 4 rings (SSSR count). The number of para-hydroxylation sites is 2. The average molecular weight is 294 g/mol. The molecule has 3 aromatic rings. The molecule has 4 nitrogen and oxygen atoms in total. The summed E-state index contributed by atoms with van der Waals surface area (Å²) in [5.74, 6) is 0.489. The zero-order valence-corrected chi connectivity index (χ0v) is 12.0. The van der Waals surface area contributed by atoms with Gasteiger partial charge in [-0.1, -0.05) is 12.1 Å². The smallest absolute Gasteiger partial charge is 0.147 e. The third-order valence-corrected chi connectivity index (χ3v) is 3.83. The van der Waals surface area contributed by atoms with Gasteiger partial charge in [-0.15, -0.1) is 0 Å². The van der Waals surface area contributed by atoms with Crippen LogP contribution in [0.15, 0.2) is 53.8 Å². The first-order valence-corrected chi connectivity index (χ1v) is 7.33. The van der Waals surface area contributed by atoms with Crippen molar-refractivity contribution in [2.75, 3.05) is 13.1 Å². The summed E-state index contributed by atoms with van der Waals surface area (Å²) in [6.07, 6.45) is 2.67. The Hall–Kier alpha value is -2.69. The molecule has 0 bridgehead atoms. The van der Waals surface area contributed by atoms with E-state index >= 15 is 0 Å². The van der Waals surface area contributed by atoms with E-state index in [0.717, 1.165) is 41.9 Å². The summed E-state index contributed by atoms with van der Waals surface area (Å²) in [7, 11) is 0. The Balaban J connectivity index is 1.78. The summed E-state index contributed by atoms with van der Waals surface area (Å²) in [5.41, 5.74) is 3.02. The highest BCUT2D eigenvalue weighted by molar-refractivity contribution is 5.99. The molecule has 2 aromatic carbocycles. The predicted molar refractivity (Wildman–Crippen MR) is 85.1 cm³/mol. The van der Waals surface area contributed by atoms with Crippen molar-refractivity contribution in [1.82, 2.24) is 14.9 Å². The van der Waals surface area contributed by atoms with Gasteiger partial charge in [0.25, 0.3) is 0 Å². The minimum atomic E-state index is -0.282. The number of halogens is 1. The van der Waals surface area contributed by atoms with E-state index in [0.29, 0.717) is 5.69 Å². The van der Waals surface area contributed by atoms with Crippen LogP contribution in [-0.4, -0.2) is 28.5 Å². The molecule has 2 heterocycles. The fourth-order valence-electron chi connectivity index (χ4n) is 2.73. The number of rotatable bonds is 2. The molecule has 1 aliphatic heterocycles. The number of fused-ring (bicyclic) bond motifs is 1. The van der Waals surface area contributed by atoms with Crippen LogP contribution in [0.25, 0.3) is 16.7 Å². The number of imidazole rings is 1. The lowest BCUT2D eigenvalue weighted by atomic mass is 10.1. The predicted octanol–water partition coefficient (Wildman–Crippen LogP) is 2.90. The van der Waals surface area contributed by atoms with Gasteiger partial charge in [0, 0.05) is 18.7 Å². The number of hydrogen-bond acceptors (Lipinski definition) is 3. The summed E-state index contributed by atoms with van der Waals surface area (Å²) >= 11 is 0. The highest BCUT2D eigenvalue weighted by Crippen LogP contribution is 2.21. The number of amidine groups is 1. The van der Waals surface area contributed by atoms with Crippen molar-refractivity contribution in [2.45, 2.75) is 6.42 Å². The largest absolute Gasteiger partial charge is 0.370 e. The van der Waals surface area contributed by atoms with E-state index in [9.17, 15) is 4.39 Å². The van der Waals surface area contributed by atoms with Crippen molar-refractivity contribution < 1.29 is 4.39 Å². The maximum atomic E-state index is 14.6. The van der Waals surface area contributed by atoms with Crippen LogP contribution in [0.4, 0.5) is 4.39 Å². The first-order chi connectivity index (χ1) is 10.8. The molecule has 0 saturated heterocycles. The molecule has 110 valence electrons. The zero-order valence-electron chi connectivity index (χ0n) is 12.0. The van der Waals surface area contributed by atoms with Gasteiger partial charge in [-0.05, 0) is 36.8 Å². The van der Waals surface area contributed by atoms with E-state index in [1.54, 1.807) is 17.0 Å². The van der Waals surface area contributed by atoms with E-state index in [4.69, 9.17) is 0 Å². The van der Waals surface area contributed by atoms with Crippen molar-refractivity contribution in [3.63, 3.8) is 0 Å². The second-order valence-corrected chi connectivity index (χ2v) is 5.28. The third-order valence-electron chi connectivity index (χ3n) is 3.83. The molecule has 1 aliphatic rings. The Morgan fingerprint density at radius 3 is 2.86 bits per heavy atom. The molecule has 1 aromatic heterocycles. The van der Waals surface area contributed by atoms with Crippen molar-refractivity contribution in [2.24, 2.45) is 4.99 Å². The molecule has 0 unspecified atom stereocenters. The minimum absolute atomic E-state index is 0.282. The van der Waals surface area contributed by atoms with Crippen LogP contribution in [0.2, 0.25) is 0 Å². The van der Waals surface area contributed by atoms with Gasteiger partial charge in [-0.2, -0.15) is 0 Å². The quantitative estimate of drug-likeness (QED) is 0.789. The third kappa shape index (κ3) is 2.15. The van der Waals surface area contributed by atoms with E-state index in [2.05, 4.69) is 15.3 Å². The van der Waals surface area contributed by atoms with E-state index in [-0.39, 0.29) is 5.82 Å². The van der Waals surface area contributed by atoms with Crippen LogP contribution in [-0.2, 0) is 0 Å². The van der Waals surface area contributed by atoms with E-state index < -0.39 is 0 Å². The lowest BCUT2D eigenvalue weighted by Crippen LogP contribution is -2.30. The first kappa shape index (κ1) is 13.0. The molecule has 0 saturated carbocycles. The highest BCUT2D eigenvalue weighted by atomic mass is 19.1. The minimum Gasteiger partial charge on any atom is -0.370 e. The monoisotopic (exact) mass is 294 g/mol. The summed E-state index contributed by atoms with van der Waals surface area (Å²) in [6.45, 7) is 1.67. The van der Waals surface area contributed by atoms with Gasteiger partial charge in [0.1, 0.15) is 18.0 Å². The SMILES string of the molecule is Fc1cc(C2=NCCCN2)ccc1-n1cnc2ccccc21. The number of aromatic nitrogens is 2. The van der Waals surface area contributed by atoms with Crippen LogP contribution in [0.5, 0.6) is 0 Å². The van der Waals surface area contributed by atoms with Gasteiger partial charge in [0.15, 0.2) is 0 Å². The fourth-order valence-corrected chi connectivity index (χ4v) is 2.73. The Morgan fingerprint density at radius 2 is 2.05 bits per heavy atom. The van der Waals surface area contributed by atoms with Gasteiger partial charge in [-0.3, -0.25) is 9.56 Å². The molecular formula is C17H15FN4. The van der Waals surface area contributed by atoms with Crippen LogP contribution in [0, 0.1) is 5.82 Å². The maximum absolute atomic E-state index is 14.6. The van der Waals surface area contributed by atoms with Crippen molar-refractivity contribution in [3.05, 3.63) is 60.2 Å². The molecule has 0 aliphatic carbocycles. The Morgan fingerprint density at radius 1 is 1.14 bits per heavy atom. The van der Waals surface area contributed by atoms with Crippen LogP contribution in [0.1, 0.15) is 12.0 Å². The van der Waals surface area contributed by atoms with Crippen LogP contribution >= 0.6 is 0 Å². The molecule has 0 fully saturated rings. The van der Waals surface area contributed by atoms with Crippen LogP contribution < -0.4 is 5.32 Å². The molecule has 1 N–H and O–H groups in total. The first-order valence-electron chi connectivity index (χ1n) is 7.33. The van der Waals surface area contributed by atoms with Crippen LogP contribution in [0.3, 0.4) is 0 Å². The second-order valence-electron chi connectivity index (χ2n) is 5.28.